The summed E-state index contributed by atoms with van der Waals surface area (Å²) in [4.78, 5) is 19.5. The second-order valence-electron chi connectivity index (χ2n) is 10.2. The fraction of sp³-hybridized carbons (Fsp3) is 0.407. The maximum atomic E-state index is 15.3. The number of ether oxygens (including phenoxy) is 1. The molecule has 5 nitrogen and oxygen atoms in total. The van der Waals surface area contributed by atoms with Gasteiger partial charge in [0.2, 0.25) is 0 Å². The van der Waals surface area contributed by atoms with E-state index in [1.54, 1.807) is 16.7 Å². The Morgan fingerprint density at radius 2 is 1.91 bits per heavy atom. The van der Waals surface area contributed by atoms with Gasteiger partial charge in [-0.25, -0.2) is 9.18 Å². The van der Waals surface area contributed by atoms with Crippen molar-refractivity contribution >= 4 is 22.4 Å². The number of hydrogen-bond acceptors (Lipinski definition) is 4. The predicted molar refractivity (Wildman–Crippen MR) is 129 cm³/mol. The summed E-state index contributed by atoms with van der Waals surface area (Å²) in [7, 11) is 0. The SMILES string of the molecule is CC1(C#Cc2cccc3c2OCCCN3c2nc(=O)n(C(C)(C)C)c3cccc(F)c23)CC1. The van der Waals surface area contributed by atoms with Crippen LogP contribution in [0.2, 0.25) is 0 Å². The molecule has 1 aliphatic carbocycles. The molecular formula is C27H28FN3O2. The third kappa shape index (κ3) is 3.86. The summed E-state index contributed by atoms with van der Waals surface area (Å²) >= 11 is 0. The summed E-state index contributed by atoms with van der Waals surface area (Å²) in [6, 6.07) is 10.6. The number of aromatic nitrogens is 2. The first kappa shape index (κ1) is 21.5. The third-order valence-electron chi connectivity index (χ3n) is 6.33. The Balaban J connectivity index is 1.74. The summed E-state index contributed by atoms with van der Waals surface area (Å²) in [5.41, 5.74) is 1.23. The topological polar surface area (TPSA) is 47.4 Å². The van der Waals surface area contributed by atoms with Crippen molar-refractivity contribution in [1.82, 2.24) is 9.55 Å². The monoisotopic (exact) mass is 445 g/mol. The van der Waals surface area contributed by atoms with Gasteiger partial charge in [0.25, 0.3) is 0 Å². The van der Waals surface area contributed by atoms with Crippen LogP contribution in [0.1, 0.15) is 52.5 Å². The summed E-state index contributed by atoms with van der Waals surface area (Å²) in [5.74, 6) is 7.25. The van der Waals surface area contributed by atoms with Crippen LogP contribution >= 0.6 is 0 Å². The fourth-order valence-electron chi connectivity index (χ4n) is 4.32. The van der Waals surface area contributed by atoms with Crippen molar-refractivity contribution in [2.24, 2.45) is 5.41 Å². The Morgan fingerprint density at radius 3 is 2.64 bits per heavy atom. The molecule has 0 spiro atoms. The normalized spacial score (nSPS) is 16.9. The molecule has 2 aliphatic rings. The van der Waals surface area contributed by atoms with Gasteiger partial charge in [-0.15, -0.1) is 0 Å². The molecule has 2 heterocycles. The molecule has 1 aliphatic heterocycles. The van der Waals surface area contributed by atoms with Crippen molar-refractivity contribution in [1.29, 1.82) is 0 Å². The van der Waals surface area contributed by atoms with Crippen LogP contribution in [0.25, 0.3) is 10.9 Å². The molecule has 0 atom stereocenters. The highest BCUT2D eigenvalue weighted by Crippen LogP contribution is 2.45. The highest BCUT2D eigenvalue weighted by molar-refractivity contribution is 5.93. The molecule has 1 aromatic heterocycles. The molecule has 5 rings (SSSR count). The van der Waals surface area contributed by atoms with Crippen molar-refractivity contribution in [2.75, 3.05) is 18.1 Å². The van der Waals surface area contributed by atoms with Crippen LogP contribution in [0.15, 0.2) is 41.2 Å². The number of anilines is 2. The minimum Gasteiger partial charge on any atom is -0.490 e. The van der Waals surface area contributed by atoms with E-state index >= 15 is 4.39 Å². The Hall–Kier alpha value is -3.33. The van der Waals surface area contributed by atoms with Gasteiger partial charge in [-0.1, -0.05) is 24.0 Å². The van der Waals surface area contributed by atoms with Gasteiger partial charge in [0, 0.05) is 17.5 Å². The zero-order valence-corrected chi connectivity index (χ0v) is 19.5. The molecule has 0 N–H and O–H groups in total. The maximum Gasteiger partial charge on any atom is 0.350 e. The van der Waals surface area contributed by atoms with Crippen molar-refractivity contribution < 1.29 is 9.13 Å². The molecule has 3 aromatic rings. The minimum absolute atomic E-state index is 0.0888. The van der Waals surface area contributed by atoms with E-state index in [1.165, 1.54) is 6.07 Å². The number of benzene rings is 2. The van der Waals surface area contributed by atoms with Crippen molar-refractivity contribution in [3.63, 3.8) is 0 Å². The Morgan fingerprint density at radius 1 is 1.15 bits per heavy atom. The molecule has 0 amide bonds. The van der Waals surface area contributed by atoms with Crippen LogP contribution in [-0.4, -0.2) is 22.7 Å². The lowest BCUT2D eigenvalue weighted by molar-refractivity contribution is 0.322. The molecule has 1 saturated carbocycles. The molecular weight excluding hydrogens is 417 g/mol. The largest absolute Gasteiger partial charge is 0.490 e. The van der Waals surface area contributed by atoms with E-state index < -0.39 is 17.0 Å². The highest BCUT2D eigenvalue weighted by atomic mass is 19.1. The van der Waals surface area contributed by atoms with Crippen LogP contribution < -0.4 is 15.3 Å². The van der Waals surface area contributed by atoms with Gasteiger partial charge in [0.05, 0.1) is 28.8 Å². The molecule has 170 valence electrons. The smallest absolute Gasteiger partial charge is 0.350 e. The quantitative estimate of drug-likeness (QED) is 0.473. The van der Waals surface area contributed by atoms with E-state index in [-0.39, 0.29) is 5.41 Å². The summed E-state index contributed by atoms with van der Waals surface area (Å²) in [6.07, 6.45) is 2.93. The van der Waals surface area contributed by atoms with Crippen LogP contribution in [0.5, 0.6) is 5.75 Å². The zero-order valence-electron chi connectivity index (χ0n) is 19.5. The molecule has 0 saturated heterocycles. The highest BCUT2D eigenvalue weighted by Gasteiger charge is 2.35. The molecule has 1 fully saturated rings. The van der Waals surface area contributed by atoms with Crippen molar-refractivity contribution in [2.45, 2.75) is 52.5 Å². The number of hydrogen-bond donors (Lipinski definition) is 0. The van der Waals surface area contributed by atoms with Crippen LogP contribution in [-0.2, 0) is 5.54 Å². The lowest BCUT2D eigenvalue weighted by Crippen LogP contribution is -2.37. The van der Waals surface area contributed by atoms with Crippen molar-refractivity contribution in [3.8, 4) is 17.6 Å². The lowest BCUT2D eigenvalue weighted by Gasteiger charge is -2.28. The van der Waals surface area contributed by atoms with Gasteiger partial charge >= 0.3 is 5.69 Å². The molecule has 0 unspecified atom stereocenters. The number of halogens is 1. The number of rotatable bonds is 1. The maximum absolute atomic E-state index is 15.3. The van der Waals surface area contributed by atoms with Gasteiger partial charge in [0.1, 0.15) is 5.82 Å². The predicted octanol–water partition coefficient (Wildman–Crippen LogP) is 5.36. The fourth-order valence-corrected chi connectivity index (χ4v) is 4.32. The van der Waals surface area contributed by atoms with Crippen LogP contribution in [0, 0.1) is 23.1 Å². The number of fused-ring (bicyclic) bond motifs is 2. The lowest BCUT2D eigenvalue weighted by atomic mass is 10.1. The molecule has 6 heteroatoms. The summed E-state index contributed by atoms with van der Waals surface area (Å²) < 4.78 is 23.0. The molecule has 2 aromatic carbocycles. The molecule has 0 bridgehead atoms. The van der Waals surface area contributed by atoms with E-state index in [4.69, 9.17) is 4.74 Å². The van der Waals surface area contributed by atoms with E-state index in [1.807, 2.05) is 43.9 Å². The standard InChI is InChI=1S/C27H28FN3O2/c1-26(2,3)31-20-10-6-9-19(28)22(20)24(29-25(31)32)30-16-7-17-33-23-18(8-5-11-21(23)30)12-13-27(4)14-15-27/h5-6,8-11H,7,14-17H2,1-4H3. The Kier molecular flexibility index (Phi) is 4.97. The van der Waals surface area contributed by atoms with E-state index in [0.29, 0.717) is 42.0 Å². The first-order valence-electron chi connectivity index (χ1n) is 11.5. The molecule has 33 heavy (non-hydrogen) atoms. The van der Waals surface area contributed by atoms with Gasteiger partial charge in [-0.2, -0.15) is 4.98 Å². The minimum atomic E-state index is -0.545. The van der Waals surface area contributed by atoms with E-state index in [2.05, 4.69) is 23.7 Å². The van der Waals surface area contributed by atoms with Crippen LogP contribution in [0.3, 0.4) is 0 Å². The van der Waals surface area contributed by atoms with Crippen LogP contribution in [0.4, 0.5) is 15.9 Å². The second-order valence-corrected chi connectivity index (χ2v) is 10.2. The first-order chi connectivity index (χ1) is 15.7. The Bertz CT molecular complexity index is 1370. The summed E-state index contributed by atoms with van der Waals surface area (Å²) in [6.45, 7) is 8.98. The van der Waals surface area contributed by atoms with E-state index in [0.717, 1.165) is 24.1 Å². The summed E-state index contributed by atoms with van der Waals surface area (Å²) in [5, 5.41) is 0.335. The zero-order chi connectivity index (χ0) is 23.4. The number of para-hydroxylation sites is 1. The second kappa shape index (κ2) is 7.62. The van der Waals surface area contributed by atoms with Gasteiger partial charge in [0.15, 0.2) is 11.6 Å². The first-order valence-corrected chi connectivity index (χ1v) is 11.5. The average Bonchev–Trinajstić information content (AvgIpc) is 3.52. The molecule has 0 radical (unpaired) electrons. The van der Waals surface area contributed by atoms with Gasteiger partial charge < -0.3 is 9.64 Å². The van der Waals surface area contributed by atoms with Gasteiger partial charge in [-0.05, 0) is 71.2 Å². The third-order valence-corrected chi connectivity index (χ3v) is 6.33. The average molecular weight is 446 g/mol. The number of nitrogens with zero attached hydrogens (tertiary/aromatic N) is 3. The Labute approximate surface area is 193 Å². The van der Waals surface area contributed by atoms with Gasteiger partial charge in [-0.3, -0.25) is 4.57 Å². The van der Waals surface area contributed by atoms with E-state index in [9.17, 15) is 4.79 Å². The van der Waals surface area contributed by atoms with Crippen molar-refractivity contribution in [3.05, 3.63) is 58.3 Å².